The molecule has 0 spiro atoms. The van der Waals surface area contributed by atoms with E-state index in [9.17, 15) is 62.5 Å². The van der Waals surface area contributed by atoms with Crippen molar-refractivity contribution in [1.82, 2.24) is 40.5 Å². The topological polar surface area (TPSA) is 326 Å². The van der Waals surface area contributed by atoms with Gasteiger partial charge in [-0.15, -0.1) is 0 Å². The predicted molar refractivity (Wildman–Crippen MR) is 281 cm³/mol. The highest BCUT2D eigenvalue weighted by atomic mass is 19.1. The van der Waals surface area contributed by atoms with Crippen LogP contribution in [0.2, 0.25) is 0 Å². The summed E-state index contributed by atoms with van der Waals surface area (Å²) >= 11 is 0. The van der Waals surface area contributed by atoms with E-state index in [1.54, 1.807) is 26.1 Å². The van der Waals surface area contributed by atoms with Crippen molar-refractivity contribution >= 4 is 59.1 Å². The van der Waals surface area contributed by atoms with Crippen LogP contribution in [0.25, 0.3) is 11.1 Å². The Labute approximate surface area is 451 Å². The Kier molecular flexibility index (Phi) is 23.5. The lowest BCUT2D eigenvalue weighted by atomic mass is 9.82. The number of hydrogen-bond donors (Lipinski definition) is 8. The number of carbonyl (C=O) groups is 10. The van der Waals surface area contributed by atoms with Crippen molar-refractivity contribution in [2.75, 3.05) is 39.3 Å². The van der Waals surface area contributed by atoms with Crippen LogP contribution in [0.5, 0.6) is 0 Å². The first-order chi connectivity index (χ1) is 36.8. The molecule has 78 heavy (non-hydrogen) atoms. The van der Waals surface area contributed by atoms with E-state index in [1.807, 2.05) is 55.7 Å². The van der Waals surface area contributed by atoms with Gasteiger partial charge in [0, 0.05) is 74.2 Å². The van der Waals surface area contributed by atoms with Crippen molar-refractivity contribution in [3.8, 4) is 11.1 Å². The minimum Gasteiger partial charge on any atom is -0.480 e. The summed E-state index contributed by atoms with van der Waals surface area (Å²) in [5.74, 6) is -10.5. The first-order valence-corrected chi connectivity index (χ1v) is 25.6. The number of aliphatic hydroxyl groups excluding tert-OH is 1. The molecule has 0 bridgehead atoms. The highest BCUT2D eigenvalue weighted by molar-refractivity contribution is 6.14. The molecule has 0 radical (unpaired) electrons. The SMILES string of the molecule is CC(C)[C@H](NC(=O)CN1C(=O)C=CC1=O)C(=O)N[C@@H](C)C(=O)NCCC(=O)N(C(=O)CCNC(=O)[C@@H](N)CCN(C(=O)CO)[C@@H](c1cc(-c2cc(F)ccc2F)cn1Cc1ccccc1)C(C)(C)C)[C@@H](CCCCN)C(=O)O. The fourth-order valence-electron chi connectivity index (χ4n) is 8.81. The second-order valence-electron chi connectivity index (χ2n) is 20.3. The van der Waals surface area contributed by atoms with E-state index in [0.29, 0.717) is 27.5 Å². The largest absolute Gasteiger partial charge is 0.480 e. The summed E-state index contributed by atoms with van der Waals surface area (Å²) < 4.78 is 31.5. The number of hydrogen-bond acceptors (Lipinski definition) is 13. The maximum absolute atomic E-state index is 15.2. The third-order valence-corrected chi connectivity index (χ3v) is 12.8. The Bertz CT molecular complexity index is 2670. The molecule has 24 heteroatoms. The van der Waals surface area contributed by atoms with Gasteiger partial charge in [-0.05, 0) is 80.3 Å². The number of aromatic nitrogens is 1. The number of carboxylic acid groups (broad SMARTS) is 1. The Hall–Kier alpha value is -7.70. The van der Waals surface area contributed by atoms with Crippen LogP contribution in [0.15, 0.2) is 72.9 Å². The van der Waals surface area contributed by atoms with Crippen LogP contribution in [0.3, 0.4) is 0 Å². The number of halogens is 2. The number of carboxylic acids is 1. The van der Waals surface area contributed by atoms with Gasteiger partial charge in [-0.1, -0.05) is 65.0 Å². The number of nitrogens with zero attached hydrogens (tertiary/aromatic N) is 4. The lowest BCUT2D eigenvalue weighted by Crippen LogP contribution is -2.56. The van der Waals surface area contributed by atoms with Crippen LogP contribution in [-0.2, 0) is 54.5 Å². The monoisotopic (exact) mass is 1090 g/mol. The first kappa shape index (κ1) is 62.8. The third-order valence-electron chi connectivity index (χ3n) is 12.8. The Morgan fingerprint density at radius 3 is 1.96 bits per heavy atom. The Balaban J connectivity index is 1.42. The van der Waals surface area contributed by atoms with Crippen LogP contribution in [-0.4, -0.2) is 152 Å². The minimum atomic E-state index is -1.65. The highest BCUT2D eigenvalue weighted by Gasteiger charge is 2.39. The van der Waals surface area contributed by atoms with E-state index in [4.69, 9.17) is 11.5 Å². The van der Waals surface area contributed by atoms with Crippen molar-refractivity contribution in [2.24, 2.45) is 22.8 Å². The number of imide groups is 2. The van der Waals surface area contributed by atoms with Gasteiger partial charge < -0.3 is 52.4 Å². The molecule has 1 aliphatic heterocycles. The van der Waals surface area contributed by atoms with Gasteiger partial charge in [-0.3, -0.25) is 53.0 Å². The highest BCUT2D eigenvalue weighted by Crippen LogP contribution is 2.41. The van der Waals surface area contributed by atoms with Gasteiger partial charge in [0.15, 0.2) is 0 Å². The molecule has 4 rings (SSSR count). The van der Waals surface area contributed by atoms with Gasteiger partial charge in [-0.25, -0.2) is 13.6 Å². The van der Waals surface area contributed by atoms with Crippen LogP contribution in [0, 0.1) is 23.0 Å². The van der Waals surface area contributed by atoms with E-state index in [0.717, 1.165) is 35.9 Å². The number of benzene rings is 2. The molecule has 0 aliphatic carbocycles. The van der Waals surface area contributed by atoms with Crippen molar-refractivity contribution < 1.29 is 66.9 Å². The first-order valence-electron chi connectivity index (χ1n) is 25.6. The summed E-state index contributed by atoms with van der Waals surface area (Å²) in [7, 11) is 0. The van der Waals surface area contributed by atoms with Crippen molar-refractivity contribution in [3.05, 3.63) is 95.8 Å². The van der Waals surface area contributed by atoms with Crippen LogP contribution >= 0.6 is 0 Å². The van der Waals surface area contributed by atoms with Gasteiger partial charge in [-0.2, -0.15) is 0 Å². The third kappa shape index (κ3) is 17.7. The van der Waals surface area contributed by atoms with E-state index in [1.165, 1.54) is 11.8 Å². The van der Waals surface area contributed by atoms with E-state index >= 15 is 4.39 Å². The maximum Gasteiger partial charge on any atom is 0.326 e. The zero-order chi connectivity index (χ0) is 58.0. The van der Waals surface area contributed by atoms with Crippen LogP contribution in [0.1, 0.15) is 97.4 Å². The molecule has 2 aromatic carbocycles. The number of carbonyl (C=O) groups excluding carboxylic acids is 9. The van der Waals surface area contributed by atoms with Crippen molar-refractivity contribution in [3.63, 3.8) is 0 Å². The molecule has 10 N–H and O–H groups in total. The van der Waals surface area contributed by atoms with Gasteiger partial charge in [0.2, 0.25) is 41.4 Å². The van der Waals surface area contributed by atoms with Gasteiger partial charge in [0.25, 0.3) is 11.8 Å². The molecule has 0 unspecified atom stereocenters. The van der Waals surface area contributed by atoms with Crippen molar-refractivity contribution in [2.45, 2.75) is 117 Å². The number of amides is 9. The molecular weight excluding hydrogens is 1020 g/mol. The maximum atomic E-state index is 15.2. The van der Waals surface area contributed by atoms with Gasteiger partial charge in [0.1, 0.15) is 42.9 Å². The molecule has 0 saturated heterocycles. The summed E-state index contributed by atoms with van der Waals surface area (Å²) in [5, 5.41) is 30.3. The number of rotatable bonds is 29. The summed E-state index contributed by atoms with van der Waals surface area (Å²) in [6, 6.07) is 7.84. The van der Waals surface area contributed by atoms with Gasteiger partial charge in [0.05, 0.1) is 12.1 Å². The second-order valence-corrected chi connectivity index (χ2v) is 20.3. The molecule has 3 aromatic rings. The number of aliphatic hydroxyl groups is 1. The molecule has 9 amide bonds. The molecule has 0 saturated carbocycles. The molecular formula is C54H72F2N10O12. The smallest absolute Gasteiger partial charge is 0.326 e. The zero-order valence-electron chi connectivity index (χ0n) is 44.8. The summed E-state index contributed by atoms with van der Waals surface area (Å²) in [4.78, 5) is 133. The molecule has 1 aromatic heterocycles. The number of unbranched alkanes of at least 4 members (excludes halogenated alkanes) is 1. The Morgan fingerprint density at radius 2 is 1.40 bits per heavy atom. The van der Waals surface area contributed by atoms with Crippen molar-refractivity contribution in [1.29, 1.82) is 0 Å². The molecule has 2 heterocycles. The molecule has 1 aliphatic rings. The lowest BCUT2D eigenvalue weighted by molar-refractivity contribution is -0.158. The average Bonchev–Trinajstić information content (AvgIpc) is 3.98. The normalized spacial score (nSPS) is 14.3. The fraction of sp³-hybridized carbons (Fsp3) is 0.481. The molecule has 0 fully saturated rings. The van der Waals surface area contributed by atoms with E-state index < -0.39 is 151 Å². The minimum absolute atomic E-state index is 0.0125. The lowest BCUT2D eigenvalue weighted by Gasteiger charge is -2.41. The molecule has 424 valence electrons. The summed E-state index contributed by atoms with van der Waals surface area (Å²) in [6.45, 7) is 8.03. The Morgan fingerprint density at radius 1 is 0.782 bits per heavy atom. The zero-order valence-corrected chi connectivity index (χ0v) is 44.8. The summed E-state index contributed by atoms with van der Waals surface area (Å²) in [6.07, 6.45) is 2.80. The van der Waals surface area contributed by atoms with E-state index in [-0.39, 0.29) is 44.5 Å². The number of nitrogens with one attached hydrogen (secondary N) is 4. The second kappa shape index (κ2) is 29.2. The molecule has 5 atom stereocenters. The number of aliphatic carboxylic acids is 1. The standard InChI is InChI=1S/C54H72F2N10O12/c1-32(2)48(62-42(68)30-65-43(69)17-18-44(65)70)52(76)61-33(3)50(74)59-23-19-45(71)66(40(53(77)78)14-10-11-22-57)46(72)20-24-60-51(75)39(58)21-25-64(47(73)31-67)49(54(4,5)6)41-26-35(37-27-36(55)15-16-38(37)56)29-63(41)28-34-12-8-7-9-13-34/h7-9,12-13,15-18,26-27,29,32-33,39-40,48-49,67H,10-11,14,19-25,28,30-31,57-58H2,1-6H3,(H,59,74)(H,60,75)(H,61,76)(H,62,68)(H,77,78)/t33-,39-,40-,48-,49-/m0/s1. The average molecular weight is 1090 g/mol. The van der Waals surface area contributed by atoms with Gasteiger partial charge >= 0.3 is 5.97 Å². The van der Waals surface area contributed by atoms with Crippen LogP contribution < -0.4 is 32.7 Å². The predicted octanol–water partition coefficient (Wildman–Crippen LogP) is 1.63. The fourth-order valence-corrected chi connectivity index (χ4v) is 8.81. The van der Waals surface area contributed by atoms with Crippen LogP contribution in [0.4, 0.5) is 8.78 Å². The number of nitrogens with two attached hydrogens (primary N) is 2. The summed E-state index contributed by atoms with van der Waals surface area (Å²) in [5.41, 5.74) is 12.9. The van der Waals surface area contributed by atoms with E-state index in [2.05, 4.69) is 21.3 Å². The quantitative estimate of drug-likeness (QED) is 0.0362. The molecule has 22 nitrogen and oxygen atoms in total.